The number of nitrogens with one attached hydrogen (secondary N) is 3. The molecule has 31 heavy (non-hydrogen) atoms. The fourth-order valence-corrected chi connectivity index (χ4v) is 3.16. The van der Waals surface area contributed by atoms with Crippen molar-refractivity contribution in [2.24, 2.45) is 21.1 Å². The number of aromatic carboxylic acids is 1. The molecule has 0 atom stereocenters. The summed E-state index contributed by atoms with van der Waals surface area (Å²) >= 11 is 0. The lowest BCUT2D eigenvalue weighted by atomic mass is 10.1. The minimum absolute atomic E-state index is 0.0383. The van der Waals surface area contributed by atoms with Crippen LogP contribution in [0.5, 0.6) is 0 Å². The van der Waals surface area contributed by atoms with E-state index in [0.717, 1.165) is 0 Å². The van der Waals surface area contributed by atoms with Crippen LogP contribution in [-0.2, 0) is 21.1 Å². The van der Waals surface area contributed by atoms with Crippen LogP contribution < -0.4 is 16.0 Å². The van der Waals surface area contributed by atoms with Crippen LogP contribution in [-0.4, -0.2) is 50.2 Å². The maximum atomic E-state index is 12.6. The lowest BCUT2D eigenvalue weighted by Crippen LogP contribution is -2.15. The minimum atomic E-state index is -1.10. The number of carboxylic acids is 1. The van der Waals surface area contributed by atoms with E-state index >= 15 is 0 Å². The molecule has 11 nitrogen and oxygen atoms in total. The number of carbonyl (C=O) groups excluding carboxylic acids is 3. The molecule has 0 aliphatic carbocycles. The molecular formula is C19H21BN6O5. The monoisotopic (exact) mass is 424 g/mol. The Morgan fingerprint density at radius 3 is 1.42 bits per heavy atom. The molecule has 160 valence electrons. The van der Waals surface area contributed by atoms with Gasteiger partial charge in [-0.3, -0.25) is 14.4 Å². The molecule has 3 aromatic heterocycles. The molecule has 0 spiro atoms. The Labute approximate surface area is 178 Å². The van der Waals surface area contributed by atoms with Gasteiger partial charge < -0.3 is 34.8 Å². The van der Waals surface area contributed by atoms with Crippen LogP contribution in [0.25, 0.3) is 0 Å². The first-order valence-corrected chi connectivity index (χ1v) is 9.18. The zero-order chi connectivity index (χ0) is 22.9. The first kappa shape index (κ1) is 21.5. The molecule has 0 aliphatic heterocycles. The van der Waals surface area contributed by atoms with Crippen molar-refractivity contribution in [3.8, 4) is 0 Å². The number of carboxylic acid groups (broad SMARTS) is 1. The third-order valence-electron chi connectivity index (χ3n) is 4.54. The Morgan fingerprint density at radius 1 is 0.710 bits per heavy atom. The zero-order valence-electron chi connectivity index (χ0n) is 17.4. The van der Waals surface area contributed by atoms with Gasteiger partial charge in [-0.1, -0.05) is 0 Å². The van der Waals surface area contributed by atoms with Crippen molar-refractivity contribution in [3.63, 3.8) is 0 Å². The van der Waals surface area contributed by atoms with Crippen LogP contribution in [0.2, 0.25) is 0 Å². The van der Waals surface area contributed by atoms with E-state index in [9.17, 15) is 19.2 Å². The number of aromatic nitrogens is 3. The van der Waals surface area contributed by atoms with Crippen molar-refractivity contribution in [2.45, 2.75) is 0 Å². The van der Waals surface area contributed by atoms with Crippen LogP contribution >= 0.6 is 0 Å². The molecule has 3 heterocycles. The van der Waals surface area contributed by atoms with Crippen molar-refractivity contribution in [1.82, 2.24) is 13.7 Å². The number of anilines is 3. The summed E-state index contributed by atoms with van der Waals surface area (Å²) < 4.78 is 4.51. The summed E-state index contributed by atoms with van der Waals surface area (Å²) in [5, 5.41) is 17.1. The minimum Gasteiger partial charge on any atom is -0.477 e. The molecule has 0 aliphatic rings. The second kappa shape index (κ2) is 8.26. The fraction of sp³-hybridized carbons (Fsp3) is 0.158. The number of aryl methyl sites for hydroxylation is 3. The number of amides is 3. The predicted octanol–water partition coefficient (Wildman–Crippen LogP) is 1.07. The summed E-state index contributed by atoms with van der Waals surface area (Å²) in [4.78, 5) is 47.6. The Bertz CT molecular complexity index is 1200. The van der Waals surface area contributed by atoms with Crippen LogP contribution in [0, 0.1) is 0 Å². The highest BCUT2D eigenvalue weighted by atomic mass is 16.4. The van der Waals surface area contributed by atoms with Crippen molar-refractivity contribution in [3.05, 3.63) is 53.9 Å². The third-order valence-corrected chi connectivity index (χ3v) is 4.54. The highest BCUT2D eigenvalue weighted by Crippen LogP contribution is 2.19. The van der Waals surface area contributed by atoms with Gasteiger partial charge in [0.2, 0.25) is 7.85 Å². The van der Waals surface area contributed by atoms with Gasteiger partial charge in [-0.25, -0.2) is 4.79 Å². The highest BCUT2D eigenvalue weighted by molar-refractivity contribution is 6.60. The van der Waals surface area contributed by atoms with Gasteiger partial charge in [0.25, 0.3) is 11.8 Å². The Balaban J connectivity index is 1.73. The quantitative estimate of drug-likeness (QED) is 0.439. The standard InChI is InChI=1S/C19H21BN6O5/c1-24-7-10(21-17(28)14-5-12(9-25(14)2)23-19(20)31)4-13(24)16(27)22-11-6-15(18(29)30)26(3)8-11/h4-9H,20H2,1-3H3,(H,21,28)(H,22,27)(H,23,31)(H,29,30). The van der Waals surface area contributed by atoms with Gasteiger partial charge in [-0.15, -0.1) is 0 Å². The van der Waals surface area contributed by atoms with E-state index in [1.807, 2.05) is 0 Å². The molecule has 12 heteroatoms. The van der Waals surface area contributed by atoms with Gasteiger partial charge in [0, 0.05) is 39.7 Å². The third kappa shape index (κ3) is 4.69. The normalized spacial score (nSPS) is 10.5. The summed E-state index contributed by atoms with van der Waals surface area (Å²) in [7, 11) is 6.27. The van der Waals surface area contributed by atoms with E-state index in [2.05, 4.69) is 16.0 Å². The van der Waals surface area contributed by atoms with Crippen LogP contribution in [0.4, 0.5) is 21.9 Å². The number of hydrogen-bond acceptors (Lipinski definition) is 4. The number of carbonyl (C=O) groups is 4. The predicted molar refractivity (Wildman–Crippen MR) is 117 cm³/mol. The zero-order valence-corrected chi connectivity index (χ0v) is 17.4. The molecular weight excluding hydrogens is 403 g/mol. The average Bonchev–Trinajstić information content (AvgIpc) is 3.31. The van der Waals surface area contributed by atoms with Gasteiger partial charge in [-0.05, 0) is 18.2 Å². The summed E-state index contributed by atoms with van der Waals surface area (Å²) in [6.45, 7) is 0. The highest BCUT2D eigenvalue weighted by Gasteiger charge is 2.18. The fourth-order valence-electron chi connectivity index (χ4n) is 3.16. The molecule has 0 saturated carbocycles. The van der Waals surface area contributed by atoms with Gasteiger partial charge in [-0.2, -0.15) is 0 Å². The SMILES string of the molecule is BC(=O)Nc1cc(C(=O)Nc2cc(C(=O)Nc3cc(C(=O)O)n(C)c3)n(C)c2)n(C)c1. The maximum Gasteiger partial charge on any atom is 0.352 e. The molecule has 3 aromatic rings. The van der Waals surface area contributed by atoms with Crippen LogP contribution in [0.3, 0.4) is 0 Å². The Kier molecular flexibility index (Phi) is 5.73. The van der Waals surface area contributed by atoms with Crippen molar-refractivity contribution in [1.29, 1.82) is 0 Å². The summed E-state index contributed by atoms with van der Waals surface area (Å²) in [6, 6.07) is 4.41. The smallest absolute Gasteiger partial charge is 0.352 e. The number of nitrogens with zero attached hydrogens (tertiary/aromatic N) is 3. The van der Waals surface area contributed by atoms with Crippen molar-refractivity contribution in [2.75, 3.05) is 16.0 Å². The molecule has 0 aromatic carbocycles. The lowest BCUT2D eigenvalue weighted by Gasteiger charge is -2.03. The second-order valence-electron chi connectivity index (χ2n) is 7.07. The molecule has 4 N–H and O–H groups in total. The topological polar surface area (TPSA) is 139 Å². The summed E-state index contributed by atoms with van der Waals surface area (Å²) in [5.74, 6) is -2.22. The van der Waals surface area contributed by atoms with Crippen molar-refractivity contribution < 1.29 is 24.3 Å². The second-order valence-corrected chi connectivity index (χ2v) is 7.07. The first-order chi connectivity index (χ1) is 14.5. The van der Waals surface area contributed by atoms with Crippen molar-refractivity contribution >= 4 is 48.5 Å². The lowest BCUT2D eigenvalue weighted by molar-refractivity contribution is 0.0686. The maximum absolute atomic E-state index is 12.6. The van der Waals surface area contributed by atoms with E-state index in [4.69, 9.17) is 5.11 Å². The number of rotatable bonds is 6. The van der Waals surface area contributed by atoms with Crippen LogP contribution in [0.1, 0.15) is 31.5 Å². The molecule has 3 rings (SSSR count). The summed E-state index contributed by atoms with van der Waals surface area (Å²) in [5.41, 5.74) is 1.87. The van der Waals surface area contributed by atoms with Gasteiger partial charge in [0.05, 0.1) is 17.1 Å². The largest absolute Gasteiger partial charge is 0.477 e. The van der Waals surface area contributed by atoms with Gasteiger partial charge in [0.1, 0.15) is 17.1 Å². The van der Waals surface area contributed by atoms with E-state index < -0.39 is 17.8 Å². The molecule has 0 unspecified atom stereocenters. The Morgan fingerprint density at radius 2 is 1.06 bits per heavy atom. The Hall–Kier alpha value is -4.22. The van der Waals surface area contributed by atoms with E-state index in [1.165, 1.54) is 30.7 Å². The van der Waals surface area contributed by atoms with E-state index in [0.29, 0.717) is 22.8 Å². The number of hydrogen-bond donors (Lipinski definition) is 4. The molecule has 0 radical (unpaired) electrons. The van der Waals surface area contributed by atoms with Gasteiger partial charge >= 0.3 is 5.97 Å². The van der Waals surface area contributed by atoms with E-state index in [-0.39, 0.29) is 17.2 Å². The molecule has 0 bridgehead atoms. The molecule has 3 amide bonds. The molecule has 0 fully saturated rings. The van der Waals surface area contributed by atoms with Gasteiger partial charge in [0.15, 0.2) is 5.81 Å². The van der Waals surface area contributed by atoms with E-state index in [1.54, 1.807) is 48.7 Å². The van der Waals surface area contributed by atoms with Crippen LogP contribution in [0.15, 0.2) is 36.8 Å². The first-order valence-electron chi connectivity index (χ1n) is 9.18. The molecule has 0 saturated heterocycles. The summed E-state index contributed by atoms with van der Waals surface area (Å²) in [6.07, 6.45) is 4.69. The average molecular weight is 424 g/mol.